The molecule has 0 saturated heterocycles. The van der Waals surface area contributed by atoms with Gasteiger partial charge in [0, 0.05) is 5.69 Å². The topological polar surface area (TPSA) is 164 Å². The monoisotopic (exact) mass is 324 g/mol. The molecule has 1 atom stereocenters. The molecule has 0 fully saturated rings. The number of hydrogen-bond acceptors (Lipinski definition) is 6. The number of nitrogens with two attached hydrogens (primary N) is 1. The van der Waals surface area contributed by atoms with E-state index in [4.69, 9.17) is 14.8 Å². The lowest BCUT2D eigenvalue weighted by atomic mass is 10.3. The number of hydrogen-bond donors (Lipinski definition) is 4. The van der Waals surface area contributed by atoms with Crippen molar-refractivity contribution in [2.45, 2.75) is 16.7 Å². The van der Waals surface area contributed by atoms with Crippen LogP contribution in [0.2, 0.25) is 0 Å². The first-order valence-electron chi connectivity index (χ1n) is 5.09. The Balaban J connectivity index is 2.73. The predicted octanol–water partition coefficient (Wildman–Crippen LogP) is -0.565. The second kappa shape index (κ2) is 5.85. The molecular weight excluding hydrogens is 312 g/mol. The lowest BCUT2D eigenvalue weighted by Crippen LogP contribution is -2.34. The summed E-state index contributed by atoms with van der Waals surface area (Å²) in [5.74, 6) is -0.783. The summed E-state index contributed by atoms with van der Waals surface area (Å²) in [6.07, 6.45) is -0.668. The van der Waals surface area contributed by atoms with Crippen LogP contribution in [-0.4, -0.2) is 37.2 Å². The fraction of sp³-hybridized carbons (Fsp3) is 0.222. The zero-order valence-electron chi connectivity index (χ0n) is 9.92. The van der Waals surface area contributed by atoms with Gasteiger partial charge in [0.15, 0.2) is 0 Å². The van der Waals surface area contributed by atoms with Crippen LogP contribution in [0.3, 0.4) is 0 Å². The number of amides is 1. The summed E-state index contributed by atoms with van der Waals surface area (Å²) in [6.45, 7) is 0. The molecule has 1 rings (SSSR count). The van der Waals surface area contributed by atoms with Gasteiger partial charge in [-0.25, -0.2) is 0 Å². The molecule has 1 aromatic carbocycles. The molecule has 0 spiro atoms. The van der Waals surface area contributed by atoms with E-state index in [0.29, 0.717) is 0 Å². The second-order valence-electron chi connectivity index (χ2n) is 3.81. The first-order valence-corrected chi connectivity index (χ1v) is 8.04. The number of carbonyl (C=O) groups is 1. The largest absolute Gasteiger partial charge is 0.326 e. The fourth-order valence-corrected chi connectivity index (χ4v) is 2.05. The molecule has 20 heavy (non-hydrogen) atoms. The normalized spacial score (nSPS) is 13.8. The average molecular weight is 324 g/mol. The van der Waals surface area contributed by atoms with E-state index >= 15 is 0 Å². The molecule has 9 nitrogen and oxygen atoms in total. The number of benzene rings is 1. The molecule has 0 radical (unpaired) electrons. The molecule has 11 heteroatoms. The summed E-state index contributed by atoms with van der Waals surface area (Å²) in [5, 5.41) is 0.502. The van der Waals surface area contributed by atoms with Gasteiger partial charge in [0.2, 0.25) is 5.91 Å². The predicted molar refractivity (Wildman–Crippen MR) is 69.0 cm³/mol. The average Bonchev–Trinajstić information content (AvgIpc) is 2.26. The lowest BCUT2D eigenvalue weighted by Gasteiger charge is -2.09. The van der Waals surface area contributed by atoms with Crippen molar-refractivity contribution in [3.05, 3.63) is 24.3 Å². The minimum atomic E-state index is -4.51. The number of carbonyl (C=O) groups excluding carboxylic acids is 1. The first kappa shape index (κ1) is 16.5. The van der Waals surface area contributed by atoms with Crippen LogP contribution in [0.5, 0.6) is 0 Å². The standard InChI is InChI=1S/C9H12N2O7S2/c10-8(20(16,17)18)5-9(12)11-6-1-3-7(4-2-6)19(13,14)15/h1-4,8H,5,10H2,(H,11,12)(H,13,14,15)(H,16,17,18). The van der Waals surface area contributed by atoms with Crippen molar-refractivity contribution >= 4 is 31.8 Å². The molecule has 0 saturated carbocycles. The van der Waals surface area contributed by atoms with Crippen LogP contribution in [-0.2, 0) is 25.0 Å². The van der Waals surface area contributed by atoms with Gasteiger partial charge in [0.25, 0.3) is 20.2 Å². The van der Waals surface area contributed by atoms with E-state index in [1.807, 2.05) is 0 Å². The third-order valence-electron chi connectivity index (χ3n) is 2.21. The van der Waals surface area contributed by atoms with Crippen LogP contribution in [0.4, 0.5) is 5.69 Å². The third kappa shape index (κ3) is 4.86. The van der Waals surface area contributed by atoms with Crippen LogP contribution in [0, 0.1) is 0 Å². The van der Waals surface area contributed by atoms with Crippen LogP contribution in [0.25, 0.3) is 0 Å². The Morgan fingerprint density at radius 2 is 1.65 bits per heavy atom. The fourth-order valence-electron chi connectivity index (χ4n) is 1.21. The van der Waals surface area contributed by atoms with E-state index in [1.54, 1.807) is 0 Å². The molecule has 0 aromatic heterocycles. The number of nitrogens with one attached hydrogen (secondary N) is 1. The summed E-state index contributed by atoms with van der Waals surface area (Å²) in [4.78, 5) is 11.1. The maximum absolute atomic E-state index is 11.4. The van der Waals surface area contributed by atoms with E-state index in [9.17, 15) is 21.6 Å². The maximum atomic E-state index is 11.4. The van der Waals surface area contributed by atoms with Crippen molar-refractivity contribution in [2.24, 2.45) is 5.73 Å². The maximum Gasteiger partial charge on any atom is 0.294 e. The zero-order valence-corrected chi connectivity index (χ0v) is 11.6. The molecule has 0 aliphatic rings. The molecule has 1 amide bonds. The van der Waals surface area contributed by atoms with Crippen LogP contribution in [0.1, 0.15) is 6.42 Å². The first-order chi connectivity index (χ1) is 9.00. The van der Waals surface area contributed by atoms with Gasteiger partial charge < -0.3 is 11.1 Å². The molecule has 5 N–H and O–H groups in total. The van der Waals surface area contributed by atoms with Gasteiger partial charge in [-0.2, -0.15) is 16.8 Å². The summed E-state index contributed by atoms with van der Waals surface area (Å²) in [7, 11) is -8.84. The zero-order chi connectivity index (χ0) is 15.6. The molecule has 0 aliphatic heterocycles. The van der Waals surface area contributed by atoms with Crippen LogP contribution >= 0.6 is 0 Å². The Morgan fingerprint density at radius 3 is 2.05 bits per heavy atom. The lowest BCUT2D eigenvalue weighted by molar-refractivity contribution is -0.116. The van der Waals surface area contributed by atoms with Crippen LogP contribution < -0.4 is 11.1 Å². The van der Waals surface area contributed by atoms with Crippen molar-refractivity contribution in [1.29, 1.82) is 0 Å². The van der Waals surface area contributed by atoms with Crippen molar-refractivity contribution in [3.63, 3.8) is 0 Å². The van der Waals surface area contributed by atoms with E-state index in [1.165, 1.54) is 12.1 Å². The molecular formula is C9H12N2O7S2. The summed E-state index contributed by atoms with van der Waals surface area (Å²) < 4.78 is 60.2. The summed E-state index contributed by atoms with van der Waals surface area (Å²) in [6, 6.07) is 4.49. The minimum Gasteiger partial charge on any atom is -0.326 e. The Bertz CT molecular complexity index is 694. The summed E-state index contributed by atoms with van der Waals surface area (Å²) in [5.41, 5.74) is 5.25. The Morgan fingerprint density at radius 1 is 1.15 bits per heavy atom. The van der Waals surface area contributed by atoms with Gasteiger partial charge in [-0.1, -0.05) is 0 Å². The smallest absolute Gasteiger partial charge is 0.294 e. The van der Waals surface area contributed by atoms with E-state index in [-0.39, 0.29) is 10.6 Å². The molecule has 112 valence electrons. The highest BCUT2D eigenvalue weighted by molar-refractivity contribution is 7.86. The van der Waals surface area contributed by atoms with Gasteiger partial charge in [-0.05, 0) is 24.3 Å². The quantitative estimate of drug-likeness (QED) is 0.523. The molecule has 0 bridgehead atoms. The highest BCUT2D eigenvalue weighted by atomic mass is 32.2. The summed E-state index contributed by atoms with van der Waals surface area (Å²) >= 11 is 0. The third-order valence-corrected chi connectivity index (χ3v) is 4.00. The number of rotatable bonds is 5. The van der Waals surface area contributed by atoms with E-state index in [0.717, 1.165) is 12.1 Å². The number of anilines is 1. The van der Waals surface area contributed by atoms with Gasteiger partial charge in [-0.15, -0.1) is 0 Å². The van der Waals surface area contributed by atoms with Gasteiger partial charge in [-0.3, -0.25) is 13.9 Å². The minimum absolute atomic E-state index is 0.171. The van der Waals surface area contributed by atoms with Gasteiger partial charge >= 0.3 is 0 Å². The van der Waals surface area contributed by atoms with Crippen molar-refractivity contribution < 1.29 is 30.7 Å². The van der Waals surface area contributed by atoms with Crippen molar-refractivity contribution in [1.82, 2.24) is 0 Å². The second-order valence-corrected chi connectivity index (χ2v) is 6.86. The van der Waals surface area contributed by atoms with Gasteiger partial charge in [0.05, 0.1) is 11.3 Å². The van der Waals surface area contributed by atoms with E-state index < -0.39 is 37.9 Å². The highest BCUT2D eigenvalue weighted by Gasteiger charge is 2.21. The molecule has 1 aromatic rings. The van der Waals surface area contributed by atoms with Crippen molar-refractivity contribution in [2.75, 3.05) is 5.32 Å². The van der Waals surface area contributed by atoms with Gasteiger partial charge in [0.1, 0.15) is 5.37 Å². The van der Waals surface area contributed by atoms with Crippen LogP contribution in [0.15, 0.2) is 29.2 Å². The Labute approximate surface area is 115 Å². The SMILES string of the molecule is NC(CC(=O)Nc1ccc(S(=O)(=O)O)cc1)S(=O)(=O)O. The molecule has 0 aliphatic carbocycles. The molecule has 0 heterocycles. The van der Waals surface area contributed by atoms with E-state index in [2.05, 4.69) is 5.32 Å². The Hall–Kier alpha value is -1.53. The molecule has 1 unspecified atom stereocenters. The Kier molecular flexibility index (Phi) is 4.83. The van der Waals surface area contributed by atoms with Crippen molar-refractivity contribution in [3.8, 4) is 0 Å². The highest BCUT2D eigenvalue weighted by Crippen LogP contribution is 2.14.